The summed E-state index contributed by atoms with van der Waals surface area (Å²) in [6.45, 7) is 25.3. The molecule has 0 saturated carbocycles. The summed E-state index contributed by atoms with van der Waals surface area (Å²) in [5.74, 6) is 2.74. The van der Waals surface area contributed by atoms with E-state index < -0.39 is 6.15 Å². The molecule has 3 rings (SSSR count). The third-order valence-corrected chi connectivity index (χ3v) is 10.2. The van der Waals surface area contributed by atoms with Crippen molar-refractivity contribution in [2.45, 2.75) is 126 Å². The number of rotatable bonds is 24. The number of nitrogens with zero attached hydrogens (tertiary/aromatic N) is 1. The van der Waals surface area contributed by atoms with Crippen LogP contribution in [0.3, 0.4) is 0 Å². The molecular weight excluding hydrogens is 601 g/mol. The molecule has 0 amide bonds. The average Bonchev–Trinajstić information content (AvgIpc) is 3.13. The first kappa shape index (κ1) is 42.3. The van der Waals surface area contributed by atoms with Crippen molar-refractivity contribution < 1.29 is 18.7 Å². The van der Waals surface area contributed by atoms with E-state index in [1.807, 2.05) is 20.8 Å². The van der Waals surface area contributed by atoms with Crippen LogP contribution in [0.4, 0.5) is 0 Å². The van der Waals surface area contributed by atoms with Gasteiger partial charge in [-0.05, 0) is 82.9 Å². The Balaban J connectivity index is 0.000000417. The van der Waals surface area contributed by atoms with E-state index in [9.17, 15) is 0 Å². The summed E-state index contributed by atoms with van der Waals surface area (Å²) in [6, 6.07) is 26.1. The second-order valence-electron chi connectivity index (χ2n) is 13.8. The van der Waals surface area contributed by atoms with E-state index >= 15 is 0 Å². The summed E-state index contributed by atoms with van der Waals surface area (Å²) in [4.78, 5) is 0. The van der Waals surface area contributed by atoms with Gasteiger partial charge in [0.15, 0.2) is 0 Å². The molecule has 0 fully saturated rings. The van der Waals surface area contributed by atoms with E-state index in [2.05, 4.69) is 107 Å². The van der Waals surface area contributed by atoms with Gasteiger partial charge in [-0.25, -0.2) is 0 Å². The Labute approximate surface area is 302 Å². The number of benzene rings is 3. The van der Waals surface area contributed by atoms with Crippen LogP contribution >= 0.6 is 0 Å². The molecule has 0 N–H and O–H groups in total. The van der Waals surface area contributed by atoms with Crippen molar-refractivity contribution in [3.63, 3.8) is 0 Å². The van der Waals surface area contributed by atoms with E-state index in [4.69, 9.17) is 14.2 Å². The number of hydrogen-bond donors (Lipinski definition) is 0. The van der Waals surface area contributed by atoms with Gasteiger partial charge in [-0.3, -0.25) is 0 Å². The Kier molecular flexibility index (Phi) is 20.9. The fourth-order valence-electron chi connectivity index (χ4n) is 7.41. The van der Waals surface area contributed by atoms with E-state index in [1.54, 1.807) is 0 Å². The normalized spacial score (nSPS) is 11.5. The lowest BCUT2D eigenvalue weighted by atomic mass is 9.14. The van der Waals surface area contributed by atoms with Crippen molar-refractivity contribution in [1.82, 2.24) is 0 Å². The Bertz CT molecular complexity index is 1070. The van der Waals surface area contributed by atoms with Gasteiger partial charge in [-0.15, -0.1) is 0 Å². The summed E-state index contributed by atoms with van der Waals surface area (Å²) < 4.78 is 18.6. The summed E-state index contributed by atoms with van der Waals surface area (Å²) in [7, 11) is 0. The molecule has 274 valence electrons. The monoisotopic (exact) mass is 674 g/mol. The Morgan fingerprint density at radius 1 is 0.388 bits per heavy atom. The topological polar surface area (TPSA) is 27.7 Å². The lowest BCUT2D eigenvalue weighted by Crippen LogP contribution is -2.66. The Morgan fingerprint density at radius 2 is 0.653 bits per heavy atom. The maximum absolute atomic E-state index is 5.73. The Morgan fingerprint density at radius 3 is 0.878 bits per heavy atom. The van der Waals surface area contributed by atoms with Crippen LogP contribution in [0, 0.1) is 0 Å². The van der Waals surface area contributed by atoms with Crippen molar-refractivity contribution in [2.75, 3.05) is 46.0 Å². The molecule has 49 heavy (non-hydrogen) atoms. The van der Waals surface area contributed by atoms with E-state index in [0.717, 1.165) is 36.4 Å². The largest absolute Gasteiger partial charge is 0.494 e. The predicted octanol–water partition coefficient (Wildman–Crippen LogP) is 10.2. The summed E-state index contributed by atoms with van der Waals surface area (Å²) >= 11 is 0. The van der Waals surface area contributed by atoms with Crippen LogP contribution in [0.15, 0.2) is 72.8 Å². The van der Waals surface area contributed by atoms with Gasteiger partial charge in [-0.1, -0.05) is 110 Å². The minimum absolute atomic E-state index is 0.670. The minimum Gasteiger partial charge on any atom is -0.494 e. The van der Waals surface area contributed by atoms with E-state index in [-0.39, 0.29) is 0 Å². The standard InChI is InChI=1S/C28H36BO3.C16H36N/c1-5-9-22-29(23-10-16-26(17-11-23)30-6-2,24-12-18-27(19-13-24)31-7-3)25-14-20-28(21-15-25)32-8-4;1-5-9-13-17(14-10-6-2,15-11-7-3)16-12-8-4/h10-21H,5-9,22H2,1-4H3;5-16H2,1-4H3/q-1;+1. The van der Waals surface area contributed by atoms with Crippen LogP contribution in [-0.4, -0.2) is 56.6 Å². The third-order valence-electron chi connectivity index (χ3n) is 10.2. The van der Waals surface area contributed by atoms with Gasteiger partial charge < -0.3 is 18.7 Å². The molecule has 0 bridgehead atoms. The smallest absolute Gasteiger partial charge is 0.119 e. The molecule has 0 spiro atoms. The lowest BCUT2D eigenvalue weighted by molar-refractivity contribution is -0.929. The highest BCUT2D eigenvalue weighted by molar-refractivity contribution is 7.11. The first-order valence-corrected chi connectivity index (χ1v) is 20.1. The van der Waals surface area contributed by atoms with Gasteiger partial charge in [0.1, 0.15) is 17.2 Å². The highest BCUT2D eigenvalue weighted by Crippen LogP contribution is 2.22. The number of quaternary nitrogens is 1. The van der Waals surface area contributed by atoms with Gasteiger partial charge in [0, 0.05) is 0 Å². The molecule has 4 nitrogen and oxygen atoms in total. The van der Waals surface area contributed by atoms with Crippen molar-refractivity contribution >= 4 is 22.5 Å². The second-order valence-corrected chi connectivity index (χ2v) is 13.8. The fourth-order valence-corrected chi connectivity index (χ4v) is 7.41. The maximum atomic E-state index is 5.73. The van der Waals surface area contributed by atoms with Crippen LogP contribution in [-0.2, 0) is 0 Å². The molecule has 0 aromatic heterocycles. The molecule has 0 heterocycles. The first-order valence-electron chi connectivity index (χ1n) is 20.1. The molecule has 0 unspecified atom stereocenters. The van der Waals surface area contributed by atoms with Crippen LogP contribution in [0.5, 0.6) is 17.2 Å². The van der Waals surface area contributed by atoms with Gasteiger partial charge in [0.25, 0.3) is 0 Å². The number of hydrogen-bond acceptors (Lipinski definition) is 3. The van der Waals surface area contributed by atoms with Gasteiger partial charge in [0.05, 0.1) is 52.1 Å². The third kappa shape index (κ3) is 13.4. The van der Waals surface area contributed by atoms with Crippen LogP contribution < -0.4 is 30.6 Å². The molecule has 0 aliphatic heterocycles. The molecule has 3 aromatic rings. The quantitative estimate of drug-likeness (QED) is 0.0700. The van der Waals surface area contributed by atoms with E-state index in [1.165, 1.54) is 98.4 Å². The zero-order chi connectivity index (χ0) is 35.8. The summed E-state index contributed by atoms with van der Waals surface area (Å²) in [5.41, 5.74) is 3.99. The highest BCUT2D eigenvalue weighted by Gasteiger charge is 2.30. The average molecular weight is 674 g/mol. The Hall–Kier alpha value is -2.92. The summed E-state index contributed by atoms with van der Waals surface area (Å²) in [6.07, 6.45) is 13.3. The summed E-state index contributed by atoms with van der Waals surface area (Å²) in [5, 5.41) is 0. The van der Waals surface area contributed by atoms with E-state index in [0.29, 0.717) is 19.8 Å². The minimum atomic E-state index is -1.16. The molecular formula is C44H72BNO3. The highest BCUT2D eigenvalue weighted by atomic mass is 16.5. The van der Waals surface area contributed by atoms with Crippen molar-refractivity contribution in [3.05, 3.63) is 72.8 Å². The van der Waals surface area contributed by atoms with Crippen LogP contribution in [0.1, 0.15) is 120 Å². The number of ether oxygens (including phenoxy) is 3. The van der Waals surface area contributed by atoms with Crippen molar-refractivity contribution in [1.29, 1.82) is 0 Å². The molecule has 0 saturated heterocycles. The fraction of sp³-hybridized carbons (Fsp3) is 0.591. The van der Waals surface area contributed by atoms with Crippen LogP contribution in [0.2, 0.25) is 6.32 Å². The van der Waals surface area contributed by atoms with Gasteiger partial charge in [-0.2, -0.15) is 22.7 Å². The van der Waals surface area contributed by atoms with Gasteiger partial charge in [0.2, 0.25) is 0 Å². The SMILES string of the molecule is CCCC[B-](c1ccc(OCC)cc1)(c1ccc(OCC)cc1)c1ccc(OCC)cc1.CCCC[N+](CCCC)(CCCC)CCCC. The first-order chi connectivity index (χ1) is 23.9. The second kappa shape index (κ2) is 24.3. The molecule has 0 aliphatic carbocycles. The van der Waals surface area contributed by atoms with Crippen molar-refractivity contribution in [2.24, 2.45) is 0 Å². The lowest BCUT2D eigenvalue weighted by Gasteiger charge is -2.43. The molecule has 3 aromatic carbocycles. The van der Waals surface area contributed by atoms with Crippen LogP contribution in [0.25, 0.3) is 0 Å². The molecule has 0 radical (unpaired) electrons. The number of unbranched alkanes of at least 4 members (excludes halogenated alkanes) is 5. The van der Waals surface area contributed by atoms with Crippen molar-refractivity contribution in [3.8, 4) is 17.2 Å². The molecule has 0 atom stereocenters. The van der Waals surface area contributed by atoms with Gasteiger partial charge >= 0.3 is 0 Å². The maximum Gasteiger partial charge on any atom is 0.119 e. The molecule has 5 heteroatoms. The molecule has 0 aliphatic rings. The predicted molar refractivity (Wildman–Crippen MR) is 217 cm³/mol. The zero-order valence-corrected chi connectivity index (χ0v) is 32.9. The zero-order valence-electron chi connectivity index (χ0n) is 32.9.